The number of aryl methyl sites for hydroxylation is 2. The second kappa shape index (κ2) is 7.03. The molecule has 0 atom stereocenters. The fourth-order valence-corrected chi connectivity index (χ4v) is 4.64. The highest BCUT2D eigenvalue weighted by molar-refractivity contribution is 7.14. The third-order valence-electron chi connectivity index (χ3n) is 4.97. The van der Waals surface area contributed by atoms with E-state index in [1.807, 2.05) is 42.2 Å². The van der Waals surface area contributed by atoms with E-state index in [2.05, 4.69) is 10.5 Å². The lowest BCUT2D eigenvalue weighted by atomic mass is 10.1. The molecule has 5 nitrogen and oxygen atoms in total. The largest absolute Gasteiger partial charge is 0.312 e. The molecule has 26 heavy (non-hydrogen) atoms. The summed E-state index contributed by atoms with van der Waals surface area (Å²) in [5.41, 5.74) is 6.55. The molecule has 1 aromatic heterocycles. The summed E-state index contributed by atoms with van der Waals surface area (Å²) in [5, 5.41) is 4.24. The van der Waals surface area contributed by atoms with E-state index in [1.54, 1.807) is 11.3 Å². The zero-order chi connectivity index (χ0) is 18.1. The summed E-state index contributed by atoms with van der Waals surface area (Å²) in [4.78, 5) is 28.0. The van der Waals surface area contributed by atoms with E-state index >= 15 is 0 Å². The van der Waals surface area contributed by atoms with Gasteiger partial charge in [0.25, 0.3) is 5.91 Å². The summed E-state index contributed by atoms with van der Waals surface area (Å²) in [6, 6.07) is 9.73. The summed E-state index contributed by atoms with van der Waals surface area (Å²) in [6.07, 6.45) is 4.90. The molecule has 1 aromatic carbocycles. The van der Waals surface area contributed by atoms with Gasteiger partial charge in [-0.2, -0.15) is 5.10 Å². The molecular formula is C20H21N3O2S. The standard InChI is InChI=1S/C20H21N3O2S/c1-13(14-7-9-16(10-8-14)23-11-3-6-19(23)24)21-22-20(25)18-12-15-4-2-5-17(15)26-18/h7-10,12H,2-6,11H2,1H3,(H,22,25)/b21-13-. The number of fused-ring (bicyclic) bond motifs is 1. The van der Waals surface area contributed by atoms with Crippen LogP contribution < -0.4 is 10.3 Å². The van der Waals surface area contributed by atoms with Crippen LogP contribution in [-0.2, 0) is 17.6 Å². The normalized spacial score (nSPS) is 16.9. The molecule has 1 N–H and O–H groups in total. The Labute approximate surface area is 156 Å². The molecule has 6 heteroatoms. The number of carbonyl (C=O) groups excluding carboxylic acids is 2. The Bertz CT molecular complexity index is 861. The average Bonchev–Trinajstić information content (AvgIpc) is 3.35. The number of anilines is 1. The van der Waals surface area contributed by atoms with Crippen LogP contribution in [0, 0.1) is 0 Å². The molecule has 0 unspecified atom stereocenters. The minimum Gasteiger partial charge on any atom is -0.312 e. The van der Waals surface area contributed by atoms with Crippen LogP contribution in [0.3, 0.4) is 0 Å². The monoisotopic (exact) mass is 367 g/mol. The maximum absolute atomic E-state index is 12.3. The fraction of sp³-hybridized carbons (Fsp3) is 0.350. The second-order valence-electron chi connectivity index (χ2n) is 6.75. The number of hydrogen-bond acceptors (Lipinski definition) is 4. The van der Waals surface area contributed by atoms with Gasteiger partial charge in [0, 0.05) is 23.5 Å². The van der Waals surface area contributed by atoms with Crippen LogP contribution in [-0.4, -0.2) is 24.1 Å². The highest BCUT2D eigenvalue weighted by Gasteiger charge is 2.21. The molecule has 2 aliphatic rings. The molecule has 0 spiro atoms. The van der Waals surface area contributed by atoms with Crippen molar-refractivity contribution < 1.29 is 9.59 Å². The summed E-state index contributed by atoms with van der Waals surface area (Å²) >= 11 is 1.58. The van der Waals surface area contributed by atoms with Gasteiger partial charge < -0.3 is 4.90 Å². The zero-order valence-corrected chi connectivity index (χ0v) is 15.6. The number of nitrogens with zero attached hydrogens (tertiary/aromatic N) is 2. The van der Waals surface area contributed by atoms with Gasteiger partial charge in [-0.15, -0.1) is 11.3 Å². The Morgan fingerprint density at radius 1 is 1.15 bits per heavy atom. The fourth-order valence-electron chi connectivity index (χ4n) is 3.50. The van der Waals surface area contributed by atoms with Crippen LogP contribution in [0.5, 0.6) is 0 Å². The van der Waals surface area contributed by atoms with Gasteiger partial charge in [-0.05, 0) is 61.9 Å². The van der Waals surface area contributed by atoms with Crippen molar-refractivity contribution in [3.63, 3.8) is 0 Å². The topological polar surface area (TPSA) is 61.8 Å². The van der Waals surface area contributed by atoms with Crippen molar-refractivity contribution in [1.82, 2.24) is 5.43 Å². The van der Waals surface area contributed by atoms with Crippen LogP contribution in [0.15, 0.2) is 35.4 Å². The lowest BCUT2D eigenvalue weighted by Gasteiger charge is -2.15. The number of carbonyl (C=O) groups is 2. The summed E-state index contributed by atoms with van der Waals surface area (Å²) in [7, 11) is 0. The minimum absolute atomic E-state index is 0.150. The van der Waals surface area contributed by atoms with E-state index in [4.69, 9.17) is 0 Å². The molecule has 1 aliphatic carbocycles. The SMILES string of the molecule is C/C(=N/NC(=O)c1cc2c(s1)CCC2)c1ccc(N2CCCC2=O)cc1. The number of nitrogens with one attached hydrogen (secondary N) is 1. The van der Waals surface area contributed by atoms with Crippen molar-refractivity contribution in [1.29, 1.82) is 0 Å². The molecule has 1 aliphatic heterocycles. The van der Waals surface area contributed by atoms with E-state index in [9.17, 15) is 9.59 Å². The smallest absolute Gasteiger partial charge is 0.281 e. The predicted molar refractivity (Wildman–Crippen MR) is 104 cm³/mol. The first kappa shape index (κ1) is 17.0. The first-order chi connectivity index (χ1) is 12.6. The zero-order valence-electron chi connectivity index (χ0n) is 14.7. The van der Waals surface area contributed by atoms with Gasteiger partial charge in [0.05, 0.1) is 10.6 Å². The van der Waals surface area contributed by atoms with Gasteiger partial charge in [-0.25, -0.2) is 5.43 Å². The summed E-state index contributed by atoms with van der Waals surface area (Å²) in [6.45, 7) is 2.65. The van der Waals surface area contributed by atoms with Crippen molar-refractivity contribution in [2.24, 2.45) is 5.10 Å². The van der Waals surface area contributed by atoms with Gasteiger partial charge >= 0.3 is 0 Å². The van der Waals surface area contributed by atoms with Gasteiger partial charge in [0.2, 0.25) is 5.91 Å². The van der Waals surface area contributed by atoms with E-state index in [1.165, 1.54) is 16.9 Å². The third kappa shape index (κ3) is 3.29. The summed E-state index contributed by atoms with van der Waals surface area (Å²) < 4.78 is 0. The molecular weight excluding hydrogens is 346 g/mol. The van der Waals surface area contributed by atoms with E-state index < -0.39 is 0 Å². The van der Waals surface area contributed by atoms with Gasteiger partial charge in [0.15, 0.2) is 0 Å². The van der Waals surface area contributed by atoms with Crippen molar-refractivity contribution in [3.05, 3.63) is 51.2 Å². The van der Waals surface area contributed by atoms with Gasteiger partial charge in [0.1, 0.15) is 0 Å². The van der Waals surface area contributed by atoms with Crippen molar-refractivity contribution >= 4 is 34.6 Å². The van der Waals surface area contributed by atoms with Crippen LogP contribution in [0.2, 0.25) is 0 Å². The van der Waals surface area contributed by atoms with Gasteiger partial charge in [-0.3, -0.25) is 9.59 Å². The molecule has 0 bridgehead atoms. The minimum atomic E-state index is -0.150. The molecule has 1 saturated heterocycles. The maximum atomic E-state index is 12.3. The average molecular weight is 367 g/mol. The molecule has 134 valence electrons. The Morgan fingerprint density at radius 2 is 1.96 bits per heavy atom. The van der Waals surface area contributed by atoms with Crippen molar-refractivity contribution in [2.45, 2.75) is 39.0 Å². The van der Waals surface area contributed by atoms with Crippen LogP contribution in [0.25, 0.3) is 0 Å². The van der Waals surface area contributed by atoms with Crippen LogP contribution >= 0.6 is 11.3 Å². The number of hydrogen-bond donors (Lipinski definition) is 1. The second-order valence-corrected chi connectivity index (χ2v) is 7.88. The van der Waals surface area contributed by atoms with Gasteiger partial charge in [-0.1, -0.05) is 12.1 Å². The number of amides is 2. The molecule has 2 heterocycles. The first-order valence-corrected chi connectivity index (χ1v) is 9.80. The maximum Gasteiger partial charge on any atom is 0.281 e. The molecule has 2 aromatic rings. The Balaban J connectivity index is 1.42. The number of benzene rings is 1. The summed E-state index contributed by atoms with van der Waals surface area (Å²) in [5.74, 6) is 0.0290. The number of rotatable bonds is 4. The van der Waals surface area contributed by atoms with Crippen molar-refractivity contribution in [3.8, 4) is 0 Å². The lowest BCUT2D eigenvalue weighted by Crippen LogP contribution is -2.23. The molecule has 0 radical (unpaired) electrons. The Hall–Kier alpha value is -2.47. The van der Waals surface area contributed by atoms with E-state index in [0.29, 0.717) is 6.42 Å². The number of hydrazone groups is 1. The van der Waals surface area contributed by atoms with E-state index in [0.717, 1.165) is 47.6 Å². The number of thiophene rings is 1. The third-order valence-corrected chi connectivity index (χ3v) is 6.20. The Kier molecular flexibility index (Phi) is 4.59. The highest BCUT2D eigenvalue weighted by Crippen LogP contribution is 2.30. The molecule has 4 rings (SSSR count). The predicted octanol–water partition coefficient (Wildman–Crippen LogP) is 3.52. The highest BCUT2D eigenvalue weighted by atomic mass is 32.1. The van der Waals surface area contributed by atoms with Crippen LogP contribution in [0.1, 0.15) is 51.9 Å². The molecule has 2 amide bonds. The Morgan fingerprint density at radius 3 is 2.65 bits per heavy atom. The van der Waals surface area contributed by atoms with E-state index in [-0.39, 0.29) is 11.8 Å². The quantitative estimate of drug-likeness (QED) is 0.664. The lowest BCUT2D eigenvalue weighted by molar-refractivity contribution is -0.117. The van der Waals surface area contributed by atoms with Crippen molar-refractivity contribution in [2.75, 3.05) is 11.4 Å². The first-order valence-electron chi connectivity index (χ1n) is 8.99. The molecule has 0 saturated carbocycles. The van der Waals surface area contributed by atoms with Crippen LogP contribution in [0.4, 0.5) is 5.69 Å². The molecule has 1 fully saturated rings.